The quantitative estimate of drug-likeness (QED) is 0.699. The molecule has 0 saturated heterocycles. The lowest BCUT2D eigenvalue weighted by atomic mass is 10.3. The molecule has 2 N–H and O–H groups in total. The fourth-order valence-corrected chi connectivity index (χ4v) is 1.32. The van der Waals surface area contributed by atoms with Gasteiger partial charge in [-0.15, -0.1) is 0 Å². The Balaban J connectivity index is 2.29. The van der Waals surface area contributed by atoms with Crippen molar-refractivity contribution < 1.29 is 18.7 Å². The predicted molar refractivity (Wildman–Crippen MR) is 65.1 cm³/mol. The van der Waals surface area contributed by atoms with Crippen LogP contribution in [-0.2, 0) is 16.1 Å². The van der Waals surface area contributed by atoms with Crippen LogP contribution in [0.1, 0.15) is 29.5 Å². The molecule has 1 amide bonds. The number of hydrogen-bond acceptors (Lipinski definition) is 5. The number of ether oxygens (including phenoxy) is 1. The smallest absolute Gasteiger partial charge is 0.341 e. The average Bonchev–Trinajstić information content (AvgIpc) is 2.84. The van der Waals surface area contributed by atoms with E-state index in [1.54, 1.807) is 6.07 Å². The molecule has 0 aromatic carbocycles. The van der Waals surface area contributed by atoms with Gasteiger partial charge in [-0.05, 0) is 12.5 Å². The zero-order valence-corrected chi connectivity index (χ0v) is 10.6. The summed E-state index contributed by atoms with van der Waals surface area (Å²) in [6, 6.07) is 1.59. The van der Waals surface area contributed by atoms with E-state index in [-0.39, 0.29) is 12.5 Å². The normalized spacial score (nSPS) is 10.1. The third kappa shape index (κ3) is 4.58. The van der Waals surface area contributed by atoms with Gasteiger partial charge >= 0.3 is 5.97 Å². The van der Waals surface area contributed by atoms with Gasteiger partial charge in [0.2, 0.25) is 5.91 Å². The van der Waals surface area contributed by atoms with Gasteiger partial charge in [0.25, 0.3) is 0 Å². The van der Waals surface area contributed by atoms with E-state index in [9.17, 15) is 9.59 Å². The van der Waals surface area contributed by atoms with Gasteiger partial charge < -0.3 is 19.8 Å². The van der Waals surface area contributed by atoms with Gasteiger partial charge in [0.1, 0.15) is 12.0 Å². The fourth-order valence-electron chi connectivity index (χ4n) is 1.32. The third-order valence-corrected chi connectivity index (χ3v) is 2.23. The van der Waals surface area contributed by atoms with Gasteiger partial charge in [-0.1, -0.05) is 6.92 Å². The van der Waals surface area contributed by atoms with E-state index in [1.807, 2.05) is 6.92 Å². The van der Waals surface area contributed by atoms with E-state index in [1.165, 1.54) is 13.4 Å². The minimum absolute atomic E-state index is 0.0587. The van der Waals surface area contributed by atoms with Crippen LogP contribution in [0.25, 0.3) is 0 Å². The lowest BCUT2D eigenvalue weighted by Crippen LogP contribution is -2.33. The summed E-state index contributed by atoms with van der Waals surface area (Å²) in [5.41, 5.74) is 0.365. The summed E-state index contributed by atoms with van der Waals surface area (Å²) < 4.78 is 9.71. The molecule has 0 atom stereocenters. The van der Waals surface area contributed by atoms with Crippen molar-refractivity contribution in [2.75, 3.05) is 20.2 Å². The van der Waals surface area contributed by atoms with Crippen molar-refractivity contribution in [1.82, 2.24) is 10.6 Å². The van der Waals surface area contributed by atoms with Crippen LogP contribution in [0, 0.1) is 0 Å². The Bertz CT molecular complexity index is 401. The molecule has 0 radical (unpaired) electrons. The second-order valence-corrected chi connectivity index (χ2v) is 3.75. The van der Waals surface area contributed by atoms with Gasteiger partial charge in [0, 0.05) is 6.54 Å². The van der Waals surface area contributed by atoms with Crippen LogP contribution in [0.3, 0.4) is 0 Å². The minimum Gasteiger partial charge on any atom is -0.467 e. The number of carbonyl (C=O) groups is 2. The van der Waals surface area contributed by atoms with Crippen LogP contribution in [0.2, 0.25) is 0 Å². The highest BCUT2D eigenvalue weighted by molar-refractivity contribution is 5.88. The van der Waals surface area contributed by atoms with Crippen LogP contribution >= 0.6 is 0 Å². The number of nitrogens with one attached hydrogen (secondary N) is 2. The van der Waals surface area contributed by atoms with Crippen molar-refractivity contribution >= 4 is 11.9 Å². The molecule has 0 spiro atoms. The molecule has 0 unspecified atom stereocenters. The number of methoxy groups -OCH3 is 1. The molecule has 0 saturated carbocycles. The molecule has 1 heterocycles. The Morgan fingerprint density at radius 2 is 2.22 bits per heavy atom. The zero-order valence-electron chi connectivity index (χ0n) is 10.6. The van der Waals surface area contributed by atoms with Gasteiger partial charge in [0.05, 0.1) is 25.8 Å². The van der Waals surface area contributed by atoms with Crippen molar-refractivity contribution in [3.05, 3.63) is 23.7 Å². The monoisotopic (exact) mass is 254 g/mol. The second kappa shape index (κ2) is 7.50. The average molecular weight is 254 g/mol. The SMILES string of the molecule is CCCNC(=O)CNCc1cc(C(=O)OC)co1. The lowest BCUT2D eigenvalue weighted by Gasteiger charge is -2.03. The number of rotatable bonds is 7. The first-order chi connectivity index (χ1) is 8.67. The molecule has 18 heavy (non-hydrogen) atoms. The predicted octanol–water partition coefficient (Wildman–Crippen LogP) is 0.682. The van der Waals surface area contributed by atoms with E-state index < -0.39 is 5.97 Å². The summed E-state index contributed by atoms with van der Waals surface area (Å²) in [4.78, 5) is 22.4. The Kier molecular flexibility index (Phi) is 5.93. The highest BCUT2D eigenvalue weighted by Gasteiger charge is 2.10. The van der Waals surface area contributed by atoms with E-state index in [0.717, 1.165) is 6.42 Å². The number of carbonyl (C=O) groups excluding carboxylic acids is 2. The van der Waals surface area contributed by atoms with E-state index >= 15 is 0 Å². The van der Waals surface area contributed by atoms with E-state index in [0.29, 0.717) is 24.4 Å². The molecule has 100 valence electrons. The zero-order chi connectivity index (χ0) is 13.4. The summed E-state index contributed by atoms with van der Waals surface area (Å²) in [6.07, 6.45) is 2.24. The summed E-state index contributed by atoms with van der Waals surface area (Å²) >= 11 is 0. The first kappa shape index (κ1) is 14.2. The highest BCUT2D eigenvalue weighted by Crippen LogP contribution is 2.08. The molecule has 0 aliphatic heterocycles. The molecule has 1 rings (SSSR count). The van der Waals surface area contributed by atoms with Crippen molar-refractivity contribution in [3.8, 4) is 0 Å². The maximum absolute atomic E-state index is 11.3. The Morgan fingerprint density at radius 3 is 2.89 bits per heavy atom. The Hall–Kier alpha value is -1.82. The number of furan rings is 1. The lowest BCUT2D eigenvalue weighted by molar-refractivity contribution is -0.120. The Labute approximate surface area is 106 Å². The van der Waals surface area contributed by atoms with Gasteiger partial charge in [-0.2, -0.15) is 0 Å². The maximum Gasteiger partial charge on any atom is 0.341 e. The van der Waals surface area contributed by atoms with E-state index in [4.69, 9.17) is 4.42 Å². The molecule has 0 bridgehead atoms. The molecule has 6 heteroatoms. The first-order valence-corrected chi connectivity index (χ1v) is 5.80. The molecular weight excluding hydrogens is 236 g/mol. The molecule has 6 nitrogen and oxygen atoms in total. The van der Waals surface area contributed by atoms with Crippen LogP contribution in [0.4, 0.5) is 0 Å². The fraction of sp³-hybridized carbons (Fsp3) is 0.500. The largest absolute Gasteiger partial charge is 0.467 e. The van der Waals surface area contributed by atoms with E-state index in [2.05, 4.69) is 15.4 Å². The number of esters is 1. The molecule has 0 aliphatic carbocycles. The van der Waals surface area contributed by atoms with Crippen LogP contribution in [0.5, 0.6) is 0 Å². The Morgan fingerprint density at radius 1 is 1.44 bits per heavy atom. The van der Waals surface area contributed by atoms with Gasteiger partial charge in [-0.25, -0.2) is 4.79 Å². The van der Waals surface area contributed by atoms with Crippen LogP contribution < -0.4 is 10.6 Å². The standard InChI is InChI=1S/C12H18N2O4/c1-3-4-14-11(15)7-13-6-10-5-9(8-18-10)12(16)17-2/h5,8,13H,3-4,6-7H2,1-2H3,(H,14,15). The topological polar surface area (TPSA) is 80.6 Å². The molecular formula is C12H18N2O4. The number of hydrogen-bond donors (Lipinski definition) is 2. The van der Waals surface area contributed by atoms with Gasteiger partial charge in [0.15, 0.2) is 0 Å². The first-order valence-electron chi connectivity index (χ1n) is 5.80. The highest BCUT2D eigenvalue weighted by atomic mass is 16.5. The summed E-state index contributed by atoms with van der Waals surface area (Å²) in [5.74, 6) is 0.0842. The number of amides is 1. The third-order valence-electron chi connectivity index (χ3n) is 2.23. The molecule has 1 aromatic heterocycles. The van der Waals surface area contributed by atoms with Crippen molar-refractivity contribution in [2.24, 2.45) is 0 Å². The maximum atomic E-state index is 11.3. The van der Waals surface area contributed by atoms with Crippen LogP contribution in [0.15, 0.2) is 16.7 Å². The van der Waals surface area contributed by atoms with Crippen molar-refractivity contribution in [2.45, 2.75) is 19.9 Å². The van der Waals surface area contributed by atoms with Gasteiger partial charge in [-0.3, -0.25) is 4.79 Å². The summed E-state index contributed by atoms with van der Waals surface area (Å²) in [6.45, 7) is 3.27. The van der Waals surface area contributed by atoms with Crippen molar-refractivity contribution in [3.63, 3.8) is 0 Å². The minimum atomic E-state index is -0.439. The summed E-state index contributed by atoms with van der Waals surface area (Å²) in [7, 11) is 1.31. The molecule has 0 aliphatic rings. The summed E-state index contributed by atoms with van der Waals surface area (Å²) in [5, 5.41) is 5.67. The second-order valence-electron chi connectivity index (χ2n) is 3.75. The molecule has 0 fully saturated rings. The van der Waals surface area contributed by atoms with Crippen molar-refractivity contribution in [1.29, 1.82) is 0 Å². The van der Waals surface area contributed by atoms with Crippen LogP contribution in [-0.4, -0.2) is 32.1 Å². The molecule has 1 aromatic rings.